The van der Waals surface area contributed by atoms with E-state index in [9.17, 15) is 4.79 Å². The topological polar surface area (TPSA) is 121 Å². The lowest BCUT2D eigenvalue weighted by Gasteiger charge is -2.41. The molecule has 0 saturated carbocycles. The molecule has 2 bridgehead atoms. The largest absolute Gasteiger partial charge is 0.334 e. The normalized spacial score (nSPS) is 19.1. The van der Waals surface area contributed by atoms with E-state index in [2.05, 4.69) is 30.5 Å². The highest BCUT2D eigenvalue weighted by molar-refractivity contribution is 5.94. The molecule has 0 aliphatic carbocycles. The summed E-state index contributed by atoms with van der Waals surface area (Å²) in [4.78, 5) is 31.5. The number of hydrogen-bond acceptors (Lipinski definition) is 8. The maximum Gasteiger partial charge on any atom is 0.255 e. The summed E-state index contributed by atoms with van der Waals surface area (Å²) in [7, 11) is 0. The van der Waals surface area contributed by atoms with E-state index in [4.69, 9.17) is 9.97 Å². The highest BCUT2D eigenvalue weighted by atomic mass is 16.2. The molecule has 2 saturated heterocycles. The fraction of sp³-hybridized carbons (Fsp3) is 0.360. The Kier molecular flexibility index (Phi) is 5.39. The average Bonchev–Trinajstić information content (AvgIpc) is 3.55. The summed E-state index contributed by atoms with van der Waals surface area (Å²) in [5, 5.41) is 14.7. The molecule has 4 aromatic heterocycles. The van der Waals surface area contributed by atoms with E-state index in [1.807, 2.05) is 56.1 Å². The summed E-state index contributed by atoms with van der Waals surface area (Å²) in [6, 6.07) is 7.86. The summed E-state index contributed by atoms with van der Waals surface area (Å²) in [5.74, 6) is 2.82. The molecule has 4 aromatic rings. The molecular formula is C25H28N10O. The minimum absolute atomic E-state index is 0.00339. The predicted octanol–water partition coefficient (Wildman–Crippen LogP) is 2.94. The minimum atomic E-state index is 0.00339. The second-order valence-corrected chi connectivity index (χ2v) is 9.63. The van der Waals surface area contributed by atoms with Crippen molar-refractivity contribution in [2.24, 2.45) is 0 Å². The van der Waals surface area contributed by atoms with E-state index in [0.29, 0.717) is 36.2 Å². The zero-order valence-electron chi connectivity index (χ0n) is 20.5. The van der Waals surface area contributed by atoms with Crippen LogP contribution >= 0.6 is 0 Å². The van der Waals surface area contributed by atoms with Crippen molar-refractivity contribution in [2.45, 2.75) is 45.7 Å². The van der Waals surface area contributed by atoms with E-state index in [1.165, 1.54) is 0 Å². The third-order valence-corrected chi connectivity index (χ3v) is 6.75. The van der Waals surface area contributed by atoms with Crippen LogP contribution in [0.5, 0.6) is 0 Å². The van der Waals surface area contributed by atoms with Gasteiger partial charge in [0.1, 0.15) is 5.82 Å². The molecule has 0 radical (unpaired) electrons. The summed E-state index contributed by atoms with van der Waals surface area (Å²) >= 11 is 0. The van der Waals surface area contributed by atoms with Gasteiger partial charge in [0.05, 0.1) is 11.8 Å². The van der Waals surface area contributed by atoms with E-state index < -0.39 is 0 Å². The van der Waals surface area contributed by atoms with Gasteiger partial charge >= 0.3 is 0 Å². The molecule has 11 heteroatoms. The molecule has 11 nitrogen and oxygen atoms in total. The van der Waals surface area contributed by atoms with Crippen LogP contribution in [-0.4, -0.2) is 70.9 Å². The number of aryl methyl sites for hydroxylation is 3. The van der Waals surface area contributed by atoms with Crippen LogP contribution in [-0.2, 0) is 0 Å². The second-order valence-electron chi connectivity index (χ2n) is 9.63. The van der Waals surface area contributed by atoms with Crippen molar-refractivity contribution in [3.63, 3.8) is 0 Å². The lowest BCUT2D eigenvalue weighted by Crippen LogP contribution is -2.56. The zero-order valence-corrected chi connectivity index (χ0v) is 20.5. The standard InChI is InChI=1S/C25H28N10O/c1-15-10-27-34(12-15)23-7-4-18(11-26-23)24(36)33-13-19-5-6-20(14-33)35(19)25-28-16(2)8-21(30-25)29-22-9-17(3)31-32-22/h4,7-12,19-20H,5-6,13-14H2,1-3H3,(H2,28,29,30,31,32). The van der Waals surface area contributed by atoms with E-state index in [1.54, 1.807) is 17.1 Å². The number of carbonyl (C=O) groups excluding carboxylic acids is 1. The molecule has 2 fully saturated rings. The first-order valence-electron chi connectivity index (χ1n) is 12.1. The monoisotopic (exact) mass is 484 g/mol. The summed E-state index contributed by atoms with van der Waals surface area (Å²) in [6.45, 7) is 7.17. The third-order valence-electron chi connectivity index (χ3n) is 6.75. The number of hydrogen-bond donors (Lipinski definition) is 2. The summed E-state index contributed by atoms with van der Waals surface area (Å²) in [6.07, 6.45) is 7.34. The van der Waals surface area contributed by atoms with Gasteiger partial charge in [-0.3, -0.25) is 9.89 Å². The van der Waals surface area contributed by atoms with Crippen molar-refractivity contribution in [3.05, 3.63) is 65.4 Å². The predicted molar refractivity (Wildman–Crippen MR) is 135 cm³/mol. The number of carbonyl (C=O) groups is 1. The van der Waals surface area contributed by atoms with Crippen molar-refractivity contribution >= 4 is 23.5 Å². The number of rotatable bonds is 5. The number of anilines is 3. The Labute approximate surface area is 208 Å². The second kappa shape index (κ2) is 8.74. The van der Waals surface area contributed by atoms with Gasteiger partial charge in [0, 0.05) is 61.1 Å². The average molecular weight is 485 g/mol. The molecule has 2 N–H and O–H groups in total. The Hall–Kier alpha value is -4.28. The number of nitrogens with one attached hydrogen (secondary N) is 2. The van der Waals surface area contributed by atoms with E-state index in [-0.39, 0.29) is 18.0 Å². The molecule has 0 spiro atoms. The lowest BCUT2D eigenvalue weighted by atomic mass is 10.1. The number of nitrogens with zero attached hydrogens (tertiary/aromatic N) is 8. The first-order chi connectivity index (χ1) is 17.4. The number of fused-ring (bicyclic) bond motifs is 2. The summed E-state index contributed by atoms with van der Waals surface area (Å²) < 4.78 is 1.71. The molecular weight excluding hydrogens is 456 g/mol. The third kappa shape index (κ3) is 4.16. The zero-order chi connectivity index (χ0) is 24.8. The van der Waals surface area contributed by atoms with Gasteiger partial charge in [0.25, 0.3) is 5.91 Å². The van der Waals surface area contributed by atoms with Crippen LogP contribution in [0.1, 0.15) is 40.2 Å². The van der Waals surface area contributed by atoms with Gasteiger partial charge in [-0.05, 0) is 51.3 Å². The molecule has 0 aromatic carbocycles. The Morgan fingerprint density at radius 2 is 1.83 bits per heavy atom. The SMILES string of the molecule is Cc1cnn(-c2ccc(C(=O)N3CC4CCC(C3)N4c3nc(C)cc(Nc4cc(C)[nH]n4)n3)cn2)c1. The van der Waals surface area contributed by atoms with Crippen molar-refractivity contribution in [1.82, 2.24) is 39.8 Å². The molecule has 2 atom stereocenters. The van der Waals surface area contributed by atoms with E-state index >= 15 is 0 Å². The molecule has 1 amide bonds. The molecule has 2 aliphatic rings. The molecule has 2 unspecified atom stereocenters. The highest BCUT2D eigenvalue weighted by Crippen LogP contribution is 2.34. The fourth-order valence-electron chi connectivity index (χ4n) is 5.11. The number of aromatic amines is 1. The number of pyridine rings is 1. The Bertz CT molecular complexity index is 1390. The molecule has 184 valence electrons. The first kappa shape index (κ1) is 22.2. The number of aromatic nitrogens is 7. The summed E-state index contributed by atoms with van der Waals surface area (Å²) in [5.41, 5.74) is 3.50. The Morgan fingerprint density at radius 1 is 1.03 bits per heavy atom. The lowest BCUT2D eigenvalue weighted by molar-refractivity contribution is 0.0716. The minimum Gasteiger partial charge on any atom is -0.334 e. The van der Waals surface area contributed by atoms with Gasteiger partial charge in [0.2, 0.25) is 5.95 Å². The molecule has 6 rings (SSSR count). The van der Waals surface area contributed by atoms with Crippen LogP contribution in [0.25, 0.3) is 5.82 Å². The maximum atomic E-state index is 13.3. The smallest absolute Gasteiger partial charge is 0.255 e. The van der Waals surface area contributed by atoms with Crippen LogP contribution in [0.3, 0.4) is 0 Å². The van der Waals surface area contributed by atoms with Gasteiger partial charge in [-0.1, -0.05) is 0 Å². The first-order valence-corrected chi connectivity index (χ1v) is 12.1. The van der Waals surface area contributed by atoms with Crippen LogP contribution in [0.4, 0.5) is 17.6 Å². The van der Waals surface area contributed by atoms with Gasteiger partial charge in [0.15, 0.2) is 11.6 Å². The maximum absolute atomic E-state index is 13.3. The van der Waals surface area contributed by atoms with Crippen LogP contribution in [0.15, 0.2) is 42.9 Å². The van der Waals surface area contributed by atoms with Gasteiger partial charge < -0.3 is 15.1 Å². The van der Waals surface area contributed by atoms with Crippen molar-refractivity contribution < 1.29 is 4.79 Å². The number of piperazine rings is 1. The Morgan fingerprint density at radius 3 is 2.47 bits per heavy atom. The Balaban J connectivity index is 1.18. The van der Waals surface area contributed by atoms with Crippen LogP contribution < -0.4 is 10.2 Å². The van der Waals surface area contributed by atoms with Gasteiger partial charge in [-0.25, -0.2) is 14.6 Å². The van der Waals surface area contributed by atoms with Crippen LogP contribution in [0.2, 0.25) is 0 Å². The number of H-pyrrole nitrogens is 1. The molecule has 36 heavy (non-hydrogen) atoms. The van der Waals surface area contributed by atoms with E-state index in [0.717, 1.165) is 35.6 Å². The van der Waals surface area contributed by atoms with Gasteiger partial charge in [-0.15, -0.1) is 0 Å². The van der Waals surface area contributed by atoms with Crippen molar-refractivity contribution in [3.8, 4) is 5.82 Å². The highest BCUT2D eigenvalue weighted by Gasteiger charge is 2.43. The number of likely N-dealkylation sites (tertiary alicyclic amines) is 1. The van der Waals surface area contributed by atoms with Crippen molar-refractivity contribution in [2.75, 3.05) is 23.3 Å². The van der Waals surface area contributed by atoms with Gasteiger partial charge in [-0.2, -0.15) is 15.2 Å². The fourth-order valence-corrected chi connectivity index (χ4v) is 5.11. The molecule has 2 aliphatic heterocycles. The number of amides is 1. The molecule has 6 heterocycles. The van der Waals surface area contributed by atoms with Crippen molar-refractivity contribution in [1.29, 1.82) is 0 Å². The quantitative estimate of drug-likeness (QED) is 0.444. The van der Waals surface area contributed by atoms with Crippen LogP contribution in [0, 0.1) is 20.8 Å².